The number of esters is 1. The molecule has 1 aromatic carbocycles. The van der Waals surface area contributed by atoms with E-state index >= 15 is 0 Å². The number of carbonyl (C=O) groups is 1. The largest absolute Gasteiger partial charge is 0.469 e. The molecule has 0 radical (unpaired) electrons. The van der Waals surface area contributed by atoms with Gasteiger partial charge in [-0.15, -0.1) is 0 Å². The topological polar surface area (TPSA) is 85.2 Å². The lowest BCUT2D eigenvalue weighted by Gasteiger charge is -2.18. The maximum absolute atomic E-state index is 11.1. The third kappa shape index (κ3) is 3.55. The summed E-state index contributed by atoms with van der Waals surface area (Å²) in [5.74, 6) is -0.569. The summed E-state index contributed by atoms with van der Waals surface area (Å²) in [6.45, 7) is 1.12. The van der Waals surface area contributed by atoms with E-state index in [1.165, 1.54) is 7.11 Å². The molecule has 2 N–H and O–H groups in total. The van der Waals surface area contributed by atoms with Crippen molar-refractivity contribution in [2.75, 3.05) is 20.3 Å². The number of methoxy groups -OCH3 is 1. The fraction of sp³-hybridized carbons (Fsp3) is 0.500. The zero-order chi connectivity index (χ0) is 14.5. The molecule has 110 valence electrons. The number of aliphatic hydroxyl groups excluding tert-OH is 2. The van der Waals surface area contributed by atoms with Crippen LogP contribution in [0.2, 0.25) is 0 Å². The molecule has 0 bridgehead atoms. The predicted molar refractivity (Wildman–Crippen MR) is 68.7 cm³/mol. The lowest BCUT2D eigenvalue weighted by Crippen LogP contribution is -2.22. The van der Waals surface area contributed by atoms with Crippen LogP contribution < -0.4 is 0 Å². The van der Waals surface area contributed by atoms with Crippen molar-refractivity contribution in [3.8, 4) is 0 Å². The molecule has 0 aliphatic carbocycles. The number of benzene rings is 1. The smallest absolute Gasteiger partial charge is 0.308 e. The standard InChI is InChI=1S/C14H18O6/c1-18-12(16)8-11(15)13(17)9-2-4-10(5-3-9)14-19-6-7-20-14/h2-5,11,13-15,17H,6-8H2,1H3. The number of aliphatic hydroxyl groups is 2. The lowest BCUT2D eigenvalue weighted by molar-refractivity contribution is -0.144. The van der Waals surface area contributed by atoms with Crippen LogP contribution in [0.4, 0.5) is 0 Å². The third-order valence-corrected chi connectivity index (χ3v) is 3.14. The average molecular weight is 282 g/mol. The predicted octanol–water partition coefficient (Wildman–Crippen LogP) is 0.689. The van der Waals surface area contributed by atoms with Gasteiger partial charge in [0.25, 0.3) is 0 Å². The van der Waals surface area contributed by atoms with E-state index < -0.39 is 18.2 Å². The summed E-state index contributed by atoms with van der Waals surface area (Å²) >= 11 is 0. The van der Waals surface area contributed by atoms with E-state index in [0.29, 0.717) is 18.8 Å². The summed E-state index contributed by atoms with van der Waals surface area (Å²) < 4.78 is 15.2. The number of carbonyl (C=O) groups excluding carboxylic acids is 1. The minimum absolute atomic E-state index is 0.256. The molecule has 0 saturated carbocycles. The Balaban J connectivity index is 1.99. The van der Waals surface area contributed by atoms with E-state index in [1.807, 2.05) is 0 Å². The van der Waals surface area contributed by atoms with Crippen LogP contribution in [0.15, 0.2) is 24.3 Å². The SMILES string of the molecule is COC(=O)CC(O)C(O)c1ccc(C2OCCO2)cc1. The molecule has 1 fully saturated rings. The molecule has 2 atom stereocenters. The van der Waals surface area contributed by atoms with Crippen molar-refractivity contribution < 1.29 is 29.2 Å². The van der Waals surface area contributed by atoms with Crippen LogP contribution in [0, 0.1) is 0 Å². The molecule has 2 rings (SSSR count). The van der Waals surface area contributed by atoms with Gasteiger partial charge in [0.2, 0.25) is 0 Å². The van der Waals surface area contributed by atoms with Gasteiger partial charge in [-0.25, -0.2) is 0 Å². The summed E-state index contributed by atoms with van der Waals surface area (Å²) in [4.78, 5) is 11.1. The van der Waals surface area contributed by atoms with Gasteiger partial charge < -0.3 is 24.4 Å². The second-order valence-corrected chi connectivity index (χ2v) is 4.53. The van der Waals surface area contributed by atoms with E-state index in [-0.39, 0.29) is 12.7 Å². The highest BCUT2D eigenvalue weighted by Crippen LogP contribution is 2.26. The van der Waals surface area contributed by atoms with Crippen LogP contribution in [-0.2, 0) is 19.0 Å². The second-order valence-electron chi connectivity index (χ2n) is 4.53. The van der Waals surface area contributed by atoms with Crippen molar-refractivity contribution >= 4 is 5.97 Å². The Labute approximate surface area is 116 Å². The Morgan fingerprint density at radius 2 is 1.90 bits per heavy atom. The molecule has 0 aromatic heterocycles. The molecular formula is C14H18O6. The van der Waals surface area contributed by atoms with Crippen molar-refractivity contribution in [1.82, 2.24) is 0 Å². The van der Waals surface area contributed by atoms with Gasteiger partial charge in [-0.05, 0) is 5.56 Å². The summed E-state index contributed by atoms with van der Waals surface area (Å²) in [6.07, 6.45) is -2.98. The molecule has 0 amide bonds. The number of rotatable bonds is 5. The van der Waals surface area contributed by atoms with E-state index in [0.717, 1.165) is 5.56 Å². The summed E-state index contributed by atoms with van der Waals surface area (Å²) in [5.41, 5.74) is 1.36. The van der Waals surface area contributed by atoms with Crippen molar-refractivity contribution in [1.29, 1.82) is 0 Å². The lowest BCUT2D eigenvalue weighted by atomic mass is 10.0. The summed E-state index contributed by atoms with van der Waals surface area (Å²) in [7, 11) is 1.23. The van der Waals surface area contributed by atoms with E-state index in [2.05, 4.69) is 4.74 Å². The zero-order valence-electron chi connectivity index (χ0n) is 11.2. The molecule has 2 unspecified atom stereocenters. The Morgan fingerprint density at radius 1 is 1.30 bits per heavy atom. The van der Waals surface area contributed by atoms with Gasteiger partial charge in [-0.1, -0.05) is 24.3 Å². The molecule has 1 saturated heterocycles. The van der Waals surface area contributed by atoms with Crippen LogP contribution in [0.5, 0.6) is 0 Å². The highest BCUT2D eigenvalue weighted by atomic mass is 16.7. The normalized spacial score (nSPS) is 18.8. The minimum atomic E-state index is -1.20. The number of ether oxygens (including phenoxy) is 3. The van der Waals surface area contributed by atoms with Crippen LogP contribution >= 0.6 is 0 Å². The van der Waals surface area contributed by atoms with Crippen molar-refractivity contribution in [3.05, 3.63) is 35.4 Å². The van der Waals surface area contributed by atoms with E-state index in [1.54, 1.807) is 24.3 Å². The van der Waals surface area contributed by atoms with Gasteiger partial charge in [-0.2, -0.15) is 0 Å². The van der Waals surface area contributed by atoms with Crippen LogP contribution in [-0.4, -0.2) is 42.6 Å². The fourth-order valence-corrected chi connectivity index (χ4v) is 1.99. The average Bonchev–Trinajstić information content (AvgIpc) is 3.00. The summed E-state index contributed by atoms with van der Waals surface area (Å²) in [6, 6.07) is 6.87. The van der Waals surface area contributed by atoms with Gasteiger partial charge in [-0.3, -0.25) is 4.79 Å². The van der Waals surface area contributed by atoms with Crippen molar-refractivity contribution in [2.24, 2.45) is 0 Å². The minimum Gasteiger partial charge on any atom is -0.469 e. The maximum Gasteiger partial charge on any atom is 0.308 e. The first-order chi connectivity index (χ1) is 9.61. The van der Waals surface area contributed by atoms with Gasteiger partial charge in [0.05, 0.1) is 32.8 Å². The molecule has 6 heteroatoms. The zero-order valence-corrected chi connectivity index (χ0v) is 11.2. The van der Waals surface area contributed by atoms with Crippen LogP contribution in [0.1, 0.15) is 29.9 Å². The van der Waals surface area contributed by atoms with E-state index in [4.69, 9.17) is 9.47 Å². The second kappa shape index (κ2) is 6.81. The molecule has 6 nitrogen and oxygen atoms in total. The van der Waals surface area contributed by atoms with Gasteiger partial charge >= 0.3 is 5.97 Å². The Bertz CT molecular complexity index is 437. The maximum atomic E-state index is 11.1. The fourth-order valence-electron chi connectivity index (χ4n) is 1.99. The molecular weight excluding hydrogens is 264 g/mol. The highest BCUT2D eigenvalue weighted by molar-refractivity contribution is 5.69. The van der Waals surface area contributed by atoms with Crippen molar-refractivity contribution in [2.45, 2.75) is 24.9 Å². The Kier molecular flexibility index (Phi) is 5.08. The Hall–Kier alpha value is -1.47. The van der Waals surface area contributed by atoms with Crippen LogP contribution in [0.3, 0.4) is 0 Å². The third-order valence-electron chi connectivity index (χ3n) is 3.14. The first-order valence-corrected chi connectivity index (χ1v) is 6.38. The van der Waals surface area contributed by atoms with Gasteiger partial charge in [0.1, 0.15) is 6.10 Å². The molecule has 1 aliphatic heterocycles. The van der Waals surface area contributed by atoms with Gasteiger partial charge in [0, 0.05) is 5.56 Å². The number of hydrogen-bond acceptors (Lipinski definition) is 6. The monoisotopic (exact) mass is 282 g/mol. The number of hydrogen-bond donors (Lipinski definition) is 2. The summed E-state index contributed by atoms with van der Waals surface area (Å²) in [5, 5.41) is 19.7. The molecule has 0 spiro atoms. The van der Waals surface area contributed by atoms with Crippen molar-refractivity contribution in [3.63, 3.8) is 0 Å². The Morgan fingerprint density at radius 3 is 2.45 bits per heavy atom. The molecule has 1 aromatic rings. The molecule has 20 heavy (non-hydrogen) atoms. The quantitative estimate of drug-likeness (QED) is 0.773. The molecule has 1 heterocycles. The highest BCUT2D eigenvalue weighted by Gasteiger charge is 2.23. The molecule has 1 aliphatic rings. The van der Waals surface area contributed by atoms with E-state index in [9.17, 15) is 15.0 Å². The first-order valence-electron chi connectivity index (χ1n) is 6.38. The van der Waals surface area contributed by atoms with Gasteiger partial charge in [0.15, 0.2) is 6.29 Å². The van der Waals surface area contributed by atoms with Crippen LogP contribution in [0.25, 0.3) is 0 Å². The first kappa shape index (κ1) is 14.9.